The SMILES string of the molecule is Cc1c(Cl)cccc1NC(=O)C1(C(=O)Nc2ccc(Cl)c(Cl)c2)CC1. The molecule has 3 rings (SSSR count). The number of carbonyl (C=O) groups is 2. The smallest absolute Gasteiger partial charge is 0.240 e. The Labute approximate surface area is 160 Å². The number of hydrogen-bond acceptors (Lipinski definition) is 2. The molecule has 1 aliphatic carbocycles. The average Bonchev–Trinajstić information content (AvgIpc) is 3.37. The highest BCUT2D eigenvalue weighted by Crippen LogP contribution is 2.48. The summed E-state index contributed by atoms with van der Waals surface area (Å²) in [6.45, 7) is 1.81. The summed E-state index contributed by atoms with van der Waals surface area (Å²) < 4.78 is 0. The quantitative estimate of drug-likeness (QED) is 0.687. The summed E-state index contributed by atoms with van der Waals surface area (Å²) in [6.07, 6.45) is 0.983. The van der Waals surface area contributed by atoms with Gasteiger partial charge in [0.25, 0.3) is 0 Å². The molecule has 0 unspecified atom stereocenters. The van der Waals surface area contributed by atoms with Crippen LogP contribution in [0.2, 0.25) is 15.1 Å². The fraction of sp³-hybridized carbons (Fsp3) is 0.222. The van der Waals surface area contributed by atoms with Gasteiger partial charge >= 0.3 is 0 Å². The van der Waals surface area contributed by atoms with Crippen LogP contribution in [-0.4, -0.2) is 11.8 Å². The molecule has 0 radical (unpaired) electrons. The second kappa shape index (κ2) is 6.87. The average molecular weight is 398 g/mol. The van der Waals surface area contributed by atoms with Gasteiger partial charge in [-0.05, 0) is 55.7 Å². The van der Waals surface area contributed by atoms with Crippen molar-refractivity contribution in [3.63, 3.8) is 0 Å². The molecule has 7 heteroatoms. The molecule has 0 spiro atoms. The van der Waals surface area contributed by atoms with Crippen molar-refractivity contribution in [2.75, 3.05) is 10.6 Å². The molecule has 0 atom stereocenters. The first-order chi connectivity index (χ1) is 11.8. The summed E-state index contributed by atoms with van der Waals surface area (Å²) in [4.78, 5) is 25.3. The monoisotopic (exact) mass is 396 g/mol. The molecule has 2 aromatic rings. The fourth-order valence-corrected chi connectivity index (χ4v) is 2.96. The normalized spacial score (nSPS) is 14.7. The Morgan fingerprint density at radius 2 is 1.60 bits per heavy atom. The molecule has 25 heavy (non-hydrogen) atoms. The van der Waals surface area contributed by atoms with Gasteiger partial charge in [0.15, 0.2) is 0 Å². The van der Waals surface area contributed by atoms with Crippen molar-refractivity contribution in [2.45, 2.75) is 19.8 Å². The van der Waals surface area contributed by atoms with Crippen molar-refractivity contribution in [1.82, 2.24) is 0 Å². The summed E-state index contributed by atoms with van der Waals surface area (Å²) in [5.74, 6) is -0.696. The summed E-state index contributed by atoms with van der Waals surface area (Å²) in [6, 6.07) is 10.0. The van der Waals surface area contributed by atoms with Gasteiger partial charge in [-0.25, -0.2) is 0 Å². The molecule has 1 aliphatic rings. The van der Waals surface area contributed by atoms with Crippen LogP contribution in [0.5, 0.6) is 0 Å². The number of halogens is 3. The molecule has 4 nitrogen and oxygen atoms in total. The Hall–Kier alpha value is -1.75. The van der Waals surface area contributed by atoms with Crippen LogP contribution in [0.3, 0.4) is 0 Å². The van der Waals surface area contributed by atoms with Gasteiger partial charge < -0.3 is 10.6 Å². The molecule has 2 aromatic carbocycles. The van der Waals surface area contributed by atoms with Crippen molar-refractivity contribution in [3.8, 4) is 0 Å². The van der Waals surface area contributed by atoms with Gasteiger partial charge in [0.2, 0.25) is 11.8 Å². The maximum absolute atomic E-state index is 12.7. The number of carbonyl (C=O) groups excluding carboxylic acids is 2. The van der Waals surface area contributed by atoms with E-state index in [0.717, 1.165) is 5.56 Å². The van der Waals surface area contributed by atoms with Crippen LogP contribution < -0.4 is 10.6 Å². The molecule has 0 aromatic heterocycles. The van der Waals surface area contributed by atoms with Gasteiger partial charge in [0.1, 0.15) is 5.41 Å². The van der Waals surface area contributed by atoms with E-state index in [1.807, 2.05) is 6.92 Å². The van der Waals surface area contributed by atoms with Gasteiger partial charge in [-0.3, -0.25) is 9.59 Å². The number of hydrogen-bond donors (Lipinski definition) is 2. The van der Waals surface area contributed by atoms with E-state index in [4.69, 9.17) is 34.8 Å². The van der Waals surface area contributed by atoms with E-state index in [2.05, 4.69) is 10.6 Å². The summed E-state index contributed by atoms with van der Waals surface area (Å²) in [5.41, 5.74) is 0.794. The van der Waals surface area contributed by atoms with Crippen LogP contribution in [0.1, 0.15) is 18.4 Å². The first-order valence-electron chi connectivity index (χ1n) is 7.66. The van der Waals surface area contributed by atoms with Gasteiger partial charge in [0.05, 0.1) is 10.0 Å². The number of benzene rings is 2. The Morgan fingerprint density at radius 3 is 2.24 bits per heavy atom. The van der Waals surface area contributed by atoms with Crippen molar-refractivity contribution in [2.24, 2.45) is 5.41 Å². The molecule has 130 valence electrons. The topological polar surface area (TPSA) is 58.2 Å². The van der Waals surface area contributed by atoms with E-state index >= 15 is 0 Å². The lowest BCUT2D eigenvalue weighted by Gasteiger charge is -2.17. The Kier molecular flexibility index (Phi) is 4.96. The highest BCUT2D eigenvalue weighted by atomic mass is 35.5. The Bertz CT molecular complexity index is 863. The lowest BCUT2D eigenvalue weighted by molar-refractivity contribution is -0.131. The number of rotatable bonds is 4. The summed E-state index contributed by atoms with van der Waals surface area (Å²) >= 11 is 17.9. The zero-order valence-corrected chi connectivity index (χ0v) is 15.6. The van der Waals surface area contributed by atoms with Gasteiger partial charge in [-0.15, -0.1) is 0 Å². The van der Waals surface area contributed by atoms with Crippen LogP contribution in [-0.2, 0) is 9.59 Å². The Morgan fingerprint density at radius 1 is 0.920 bits per heavy atom. The maximum atomic E-state index is 12.7. The number of anilines is 2. The second-order valence-corrected chi connectivity index (χ2v) is 7.25. The van der Waals surface area contributed by atoms with E-state index in [9.17, 15) is 9.59 Å². The number of nitrogens with one attached hydrogen (secondary N) is 2. The lowest BCUT2D eigenvalue weighted by atomic mass is 10.0. The predicted octanol–water partition coefficient (Wildman–Crippen LogP) is 5.31. The standard InChI is InChI=1S/C18H15Cl3N2O2/c1-10-12(19)3-2-4-15(10)23-17(25)18(7-8-18)16(24)22-11-5-6-13(20)14(21)9-11/h2-6,9H,7-8H2,1H3,(H,22,24)(H,23,25). The highest BCUT2D eigenvalue weighted by Gasteiger charge is 2.56. The molecule has 2 amide bonds. The van der Waals surface area contributed by atoms with E-state index in [1.54, 1.807) is 36.4 Å². The lowest BCUT2D eigenvalue weighted by Crippen LogP contribution is -2.35. The first-order valence-corrected chi connectivity index (χ1v) is 8.80. The third-order valence-electron chi connectivity index (χ3n) is 4.31. The van der Waals surface area contributed by atoms with Crippen LogP contribution in [0.4, 0.5) is 11.4 Å². The molecule has 1 saturated carbocycles. The summed E-state index contributed by atoms with van der Waals surface area (Å²) in [5, 5.41) is 6.84. The molecule has 1 fully saturated rings. The van der Waals surface area contributed by atoms with Crippen molar-refractivity contribution in [1.29, 1.82) is 0 Å². The van der Waals surface area contributed by atoms with Crippen molar-refractivity contribution < 1.29 is 9.59 Å². The van der Waals surface area contributed by atoms with E-state index in [1.165, 1.54) is 0 Å². The molecule has 2 N–H and O–H groups in total. The minimum atomic E-state index is -1.07. The van der Waals surface area contributed by atoms with Crippen LogP contribution in [0.15, 0.2) is 36.4 Å². The fourth-order valence-electron chi connectivity index (χ4n) is 2.49. The zero-order chi connectivity index (χ0) is 18.2. The third-order valence-corrected chi connectivity index (χ3v) is 5.46. The molecule has 0 bridgehead atoms. The highest BCUT2D eigenvalue weighted by molar-refractivity contribution is 6.42. The number of amides is 2. The van der Waals surface area contributed by atoms with E-state index < -0.39 is 5.41 Å². The summed E-state index contributed by atoms with van der Waals surface area (Å²) in [7, 11) is 0. The predicted molar refractivity (Wildman–Crippen MR) is 102 cm³/mol. The molecular weight excluding hydrogens is 383 g/mol. The minimum absolute atomic E-state index is 0.336. The largest absolute Gasteiger partial charge is 0.325 e. The molecule has 0 heterocycles. The van der Waals surface area contributed by atoms with Crippen molar-refractivity contribution >= 4 is 58.0 Å². The Balaban J connectivity index is 1.74. The van der Waals surface area contributed by atoms with Crippen molar-refractivity contribution in [3.05, 3.63) is 57.0 Å². The van der Waals surface area contributed by atoms with Gasteiger partial charge in [-0.2, -0.15) is 0 Å². The van der Waals surface area contributed by atoms with Gasteiger partial charge in [0, 0.05) is 16.4 Å². The first kappa shape index (κ1) is 18.1. The van der Waals surface area contributed by atoms with E-state index in [0.29, 0.717) is 39.3 Å². The van der Waals surface area contributed by atoms with E-state index in [-0.39, 0.29) is 11.8 Å². The van der Waals surface area contributed by atoms with Crippen LogP contribution in [0.25, 0.3) is 0 Å². The molecular formula is C18H15Cl3N2O2. The van der Waals surface area contributed by atoms with Gasteiger partial charge in [-0.1, -0.05) is 40.9 Å². The zero-order valence-electron chi connectivity index (χ0n) is 13.3. The maximum Gasteiger partial charge on any atom is 0.240 e. The minimum Gasteiger partial charge on any atom is -0.325 e. The van der Waals surface area contributed by atoms with Crippen LogP contribution >= 0.6 is 34.8 Å². The van der Waals surface area contributed by atoms with Crippen LogP contribution in [0, 0.1) is 12.3 Å². The third kappa shape index (κ3) is 3.61. The second-order valence-electron chi connectivity index (χ2n) is 6.03. The molecule has 0 saturated heterocycles. The molecule has 0 aliphatic heterocycles.